The first-order chi connectivity index (χ1) is 13.4. The van der Waals surface area contributed by atoms with Crippen LogP contribution in [0.15, 0.2) is 42.6 Å². The van der Waals surface area contributed by atoms with E-state index >= 15 is 0 Å². The molecule has 0 fully saturated rings. The summed E-state index contributed by atoms with van der Waals surface area (Å²) in [6.45, 7) is 5.86. The number of rotatable bonds is 7. The van der Waals surface area contributed by atoms with Crippen LogP contribution >= 0.6 is 0 Å². The summed E-state index contributed by atoms with van der Waals surface area (Å²) < 4.78 is 1.77. The summed E-state index contributed by atoms with van der Waals surface area (Å²) in [5.41, 5.74) is 2.74. The predicted octanol–water partition coefficient (Wildman–Crippen LogP) is 2.99. The van der Waals surface area contributed by atoms with Crippen LogP contribution in [0.25, 0.3) is 11.0 Å². The summed E-state index contributed by atoms with van der Waals surface area (Å²) in [6.07, 6.45) is 1.99. The Labute approximate surface area is 163 Å². The van der Waals surface area contributed by atoms with Crippen LogP contribution in [-0.2, 0) is 11.2 Å². The van der Waals surface area contributed by atoms with E-state index in [4.69, 9.17) is 0 Å². The number of nitrogens with one attached hydrogen (secondary N) is 1. The maximum absolute atomic E-state index is 12.8. The standard InChI is InChI=1S/C21H24N4O3/c1-13(2)25-19-18(12-23-25)17(9-14(3)24-19)20(26)22-11-16(21(27)28)10-15-7-5-4-6-8-15/h4-9,12-13,16H,10-11H2,1-3H3,(H,22,26)(H,27,28). The second-order valence-corrected chi connectivity index (χ2v) is 7.17. The predicted molar refractivity (Wildman–Crippen MR) is 106 cm³/mol. The van der Waals surface area contributed by atoms with Crippen molar-refractivity contribution < 1.29 is 14.7 Å². The highest BCUT2D eigenvalue weighted by Gasteiger charge is 2.21. The van der Waals surface area contributed by atoms with Crippen LogP contribution in [-0.4, -0.2) is 38.3 Å². The second kappa shape index (κ2) is 8.21. The molecule has 3 rings (SSSR count). The molecule has 0 spiro atoms. The minimum atomic E-state index is -0.937. The van der Waals surface area contributed by atoms with Crippen LogP contribution in [0, 0.1) is 12.8 Å². The highest BCUT2D eigenvalue weighted by molar-refractivity contribution is 6.05. The molecule has 1 atom stereocenters. The van der Waals surface area contributed by atoms with E-state index in [1.807, 2.05) is 51.1 Å². The monoisotopic (exact) mass is 380 g/mol. The van der Waals surface area contributed by atoms with E-state index in [2.05, 4.69) is 15.4 Å². The number of pyridine rings is 1. The Morgan fingerprint density at radius 1 is 1.21 bits per heavy atom. The summed E-state index contributed by atoms with van der Waals surface area (Å²) in [5, 5.41) is 17.3. The molecular weight excluding hydrogens is 356 g/mol. The van der Waals surface area contributed by atoms with Gasteiger partial charge in [-0.25, -0.2) is 9.67 Å². The second-order valence-electron chi connectivity index (χ2n) is 7.17. The first-order valence-corrected chi connectivity index (χ1v) is 9.26. The van der Waals surface area contributed by atoms with E-state index in [0.717, 1.165) is 5.56 Å². The molecule has 0 aliphatic rings. The lowest BCUT2D eigenvalue weighted by molar-refractivity contribution is -0.141. The molecule has 3 aromatic rings. The van der Waals surface area contributed by atoms with Crippen molar-refractivity contribution in [3.63, 3.8) is 0 Å². The van der Waals surface area contributed by atoms with Crippen LogP contribution in [0.1, 0.15) is 41.5 Å². The molecule has 7 heteroatoms. The summed E-state index contributed by atoms with van der Waals surface area (Å²) in [5.74, 6) is -1.96. The Kier molecular flexibility index (Phi) is 5.73. The maximum Gasteiger partial charge on any atom is 0.308 e. The van der Waals surface area contributed by atoms with Gasteiger partial charge in [0, 0.05) is 18.3 Å². The molecule has 7 nitrogen and oxygen atoms in total. The van der Waals surface area contributed by atoms with E-state index < -0.39 is 11.9 Å². The van der Waals surface area contributed by atoms with Crippen molar-refractivity contribution in [1.29, 1.82) is 0 Å². The number of nitrogens with zero attached hydrogens (tertiary/aromatic N) is 3. The Morgan fingerprint density at radius 3 is 2.57 bits per heavy atom. The molecule has 146 valence electrons. The van der Waals surface area contributed by atoms with Gasteiger partial charge in [0.2, 0.25) is 0 Å². The van der Waals surface area contributed by atoms with Gasteiger partial charge in [-0.2, -0.15) is 5.10 Å². The normalized spacial score (nSPS) is 12.3. The Morgan fingerprint density at radius 2 is 1.93 bits per heavy atom. The van der Waals surface area contributed by atoms with Gasteiger partial charge in [-0.1, -0.05) is 30.3 Å². The summed E-state index contributed by atoms with van der Waals surface area (Å²) in [7, 11) is 0. The molecule has 0 aliphatic heterocycles. The molecule has 0 radical (unpaired) electrons. The zero-order valence-corrected chi connectivity index (χ0v) is 16.2. The van der Waals surface area contributed by atoms with E-state index in [1.54, 1.807) is 16.9 Å². The fraction of sp³-hybridized carbons (Fsp3) is 0.333. The van der Waals surface area contributed by atoms with Gasteiger partial charge in [-0.3, -0.25) is 9.59 Å². The van der Waals surface area contributed by atoms with Gasteiger partial charge in [0.15, 0.2) is 5.65 Å². The van der Waals surface area contributed by atoms with Crippen molar-refractivity contribution in [2.24, 2.45) is 5.92 Å². The molecule has 0 bridgehead atoms. The molecule has 1 amide bonds. The van der Waals surface area contributed by atoms with Crippen molar-refractivity contribution >= 4 is 22.9 Å². The minimum Gasteiger partial charge on any atom is -0.481 e. The van der Waals surface area contributed by atoms with Crippen molar-refractivity contribution in [3.8, 4) is 0 Å². The summed E-state index contributed by atoms with van der Waals surface area (Å²) in [4.78, 5) is 28.9. The highest BCUT2D eigenvalue weighted by atomic mass is 16.4. The number of benzene rings is 1. The largest absolute Gasteiger partial charge is 0.481 e. The number of aryl methyl sites for hydroxylation is 1. The molecule has 0 saturated carbocycles. The number of carboxylic acids is 1. The average Bonchev–Trinajstić information content (AvgIpc) is 3.08. The molecule has 1 unspecified atom stereocenters. The smallest absolute Gasteiger partial charge is 0.308 e. The molecule has 0 saturated heterocycles. The topological polar surface area (TPSA) is 97.1 Å². The zero-order valence-electron chi connectivity index (χ0n) is 16.2. The number of hydrogen-bond donors (Lipinski definition) is 2. The van der Waals surface area contributed by atoms with Crippen LogP contribution in [0.3, 0.4) is 0 Å². The number of carbonyl (C=O) groups is 2. The SMILES string of the molecule is Cc1cc(C(=O)NCC(Cc2ccccc2)C(=O)O)c2cnn(C(C)C)c2n1. The Bertz CT molecular complexity index is 996. The van der Waals surface area contributed by atoms with E-state index in [-0.39, 0.29) is 18.5 Å². The van der Waals surface area contributed by atoms with Crippen LogP contribution in [0.2, 0.25) is 0 Å². The van der Waals surface area contributed by atoms with Crippen LogP contribution in [0.5, 0.6) is 0 Å². The first-order valence-electron chi connectivity index (χ1n) is 9.26. The van der Waals surface area contributed by atoms with Gasteiger partial charge in [-0.05, 0) is 38.8 Å². The number of aromatic nitrogens is 3. The van der Waals surface area contributed by atoms with Gasteiger partial charge >= 0.3 is 5.97 Å². The van der Waals surface area contributed by atoms with Crippen molar-refractivity contribution in [2.75, 3.05) is 6.54 Å². The van der Waals surface area contributed by atoms with Crippen molar-refractivity contribution in [1.82, 2.24) is 20.1 Å². The third kappa shape index (κ3) is 4.19. The average molecular weight is 380 g/mol. The van der Waals surface area contributed by atoms with Crippen molar-refractivity contribution in [3.05, 3.63) is 59.4 Å². The molecule has 28 heavy (non-hydrogen) atoms. The van der Waals surface area contributed by atoms with E-state index in [0.29, 0.717) is 28.7 Å². The lowest BCUT2D eigenvalue weighted by atomic mass is 9.99. The minimum absolute atomic E-state index is 0.0459. The molecule has 2 heterocycles. The van der Waals surface area contributed by atoms with Gasteiger partial charge in [0.25, 0.3) is 5.91 Å². The number of hydrogen-bond acceptors (Lipinski definition) is 4. The third-order valence-corrected chi connectivity index (χ3v) is 4.61. The molecule has 2 aromatic heterocycles. The van der Waals surface area contributed by atoms with Gasteiger partial charge in [-0.15, -0.1) is 0 Å². The zero-order chi connectivity index (χ0) is 20.3. The maximum atomic E-state index is 12.8. The number of fused-ring (bicyclic) bond motifs is 1. The van der Waals surface area contributed by atoms with Gasteiger partial charge < -0.3 is 10.4 Å². The summed E-state index contributed by atoms with van der Waals surface area (Å²) >= 11 is 0. The number of carboxylic acid groups (broad SMARTS) is 1. The number of amides is 1. The molecule has 0 aliphatic carbocycles. The number of aliphatic carboxylic acids is 1. The number of carbonyl (C=O) groups excluding carboxylic acids is 1. The van der Waals surface area contributed by atoms with E-state index in [9.17, 15) is 14.7 Å². The quantitative estimate of drug-likeness (QED) is 0.657. The third-order valence-electron chi connectivity index (χ3n) is 4.61. The van der Waals surface area contributed by atoms with Crippen molar-refractivity contribution in [2.45, 2.75) is 33.2 Å². The summed E-state index contributed by atoms with van der Waals surface area (Å²) in [6, 6.07) is 11.2. The lowest BCUT2D eigenvalue weighted by Crippen LogP contribution is -2.34. The highest BCUT2D eigenvalue weighted by Crippen LogP contribution is 2.21. The lowest BCUT2D eigenvalue weighted by Gasteiger charge is -2.14. The molecular formula is C21H24N4O3. The van der Waals surface area contributed by atoms with Crippen LogP contribution < -0.4 is 5.32 Å². The fourth-order valence-corrected chi connectivity index (χ4v) is 3.17. The first kappa shape index (κ1) is 19.5. The molecule has 2 N–H and O–H groups in total. The van der Waals surface area contributed by atoms with Crippen LogP contribution in [0.4, 0.5) is 0 Å². The van der Waals surface area contributed by atoms with E-state index in [1.165, 1.54) is 0 Å². The van der Waals surface area contributed by atoms with Gasteiger partial charge in [0.05, 0.1) is 23.1 Å². The molecule has 1 aromatic carbocycles. The Balaban J connectivity index is 1.79. The fourth-order valence-electron chi connectivity index (χ4n) is 3.17. The Hall–Kier alpha value is -3.22. The van der Waals surface area contributed by atoms with Gasteiger partial charge in [0.1, 0.15) is 0 Å².